The predicted molar refractivity (Wildman–Crippen MR) is 67.6 cm³/mol. The summed E-state index contributed by atoms with van der Waals surface area (Å²) in [6, 6.07) is 7.11. The second-order valence-corrected chi connectivity index (χ2v) is 6.16. The highest BCUT2D eigenvalue weighted by Gasteiger charge is 2.29. The molecule has 2 aliphatic rings. The first-order chi connectivity index (χ1) is 7.54. The van der Waals surface area contributed by atoms with E-state index in [1.807, 2.05) is 0 Å². The van der Waals surface area contributed by atoms with Crippen LogP contribution in [0.4, 0.5) is 0 Å². The van der Waals surface area contributed by atoms with Crippen LogP contribution in [-0.2, 0) is 5.54 Å². The fourth-order valence-electron chi connectivity index (χ4n) is 2.35. The van der Waals surface area contributed by atoms with Crippen molar-refractivity contribution in [1.29, 1.82) is 0 Å². The molecule has 1 aromatic rings. The molecule has 0 aliphatic heterocycles. The van der Waals surface area contributed by atoms with E-state index in [9.17, 15) is 0 Å². The molecule has 0 atom stereocenters. The van der Waals surface area contributed by atoms with E-state index in [0.29, 0.717) is 0 Å². The normalized spacial score (nSPS) is 21.2. The molecule has 0 radical (unpaired) electrons. The highest BCUT2D eigenvalue weighted by molar-refractivity contribution is 5.40. The number of rotatable bonds is 3. The molecule has 1 nitrogen and oxygen atoms in total. The summed E-state index contributed by atoms with van der Waals surface area (Å²) in [6.45, 7) is 4.21. The second-order valence-electron chi connectivity index (χ2n) is 6.16. The molecule has 2 fully saturated rings. The van der Waals surface area contributed by atoms with Gasteiger partial charge in [0.05, 0.1) is 0 Å². The molecule has 0 saturated heterocycles. The first-order valence-corrected chi connectivity index (χ1v) is 6.48. The van der Waals surface area contributed by atoms with Crippen molar-refractivity contribution in [1.82, 2.24) is 0 Å². The quantitative estimate of drug-likeness (QED) is 0.818. The maximum Gasteiger partial charge on any atom is 0.0352 e. The maximum absolute atomic E-state index is 6.24. The topological polar surface area (TPSA) is 26.0 Å². The molecule has 16 heavy (non-hydrogen) atoms. The summed E-state index contributed by atoms with van der Waals surface area (Å²) >= 11 is 0. The van der Waals surface area contributed by atoms with Gasteiger partial charge in [0.15, 0.2) is 0 Å². The van der Waals surface area contributed by atoms with E-state index in [2.05, 4.69) is 32.0 Å². The molecule has 0 heterocycles. The Morgan fingerprint density at radius 3 is 1.69 bits per heavy atom. The average molecular weight is 215 g/mol. The summed E-state index contributed by atoms with van der Waals surface area (Å²) in [5.74, 6) is 1.67. The van der Waals surface area contributed by atoms with Gasteiger partial charge in [0.2, 0.25) is 0 Å². The third kappa shape index (κ3) is 2.01. The zero-order valence-corrected chi connectivity index (χ0v) is 10.3. The van der Waals surface area contributed by atoms with Crippen molar-refractivity contribution < 1.29 is 0 Å². The lowest BCUT2D eigenvalue weighted by atomic mass is 9.90. The summed E-state index contributed by atoms with van der Waals surface area (Å²) in [6.07, 6.45) is 5.49. The van der Waals surface area contributed by atoms with Crippen LogP contribution in [0.2, 0.25) is 0 Å². The summed E-state index contributed by atoms with van der Waals surface area (Å²) < 4.78 is 0. The first-order valence-electron chi connectivity index (χ1n) is 6.48. The van der Waals surface area contributed by atoms with Crippen molar-refractivity contribution in [3.8, 4) is 0 Å². The van der Waals surface area contributed by atoms with Gasteiger partial charge in [-0.3, -0.25) is 0 Å². The molecule has 1 heteroatoms. The highest BCUT2D eigenvalue weighted by atomic mass is 14.7. The van der Waals surface area contributed by atoms with Gasteiger partial charge >= 0.3 is 0 Å². The van der Waals surface area contributed by atoms with Crippen molar-refractivity contribution in [2.24, 2.45) is 5.73 Å². The van der Waals surface area contributed by atoms with Crippen LogP contribution in [0.25, 0.3) is 0 Å². The lowest BCUT2D eigenvalue weighted by Gasteiger charge is -2.21. The van der Waals surface area contributed by atoms with E-state index in [0.717, 1.165) is 11.8 Å². The molecule has 0 unspecified atom stereocenters. The highest BCUT2D eigenvalue weighted by Crippen LogP contribution is 2.46. The van der Waals surface area contributed by atoms with Gasteiger partial charge < -0.3 is 5.73 Å². The molecular weight excluding hydrogens is 194 g/mol. The summed E-state index contributed by atoms with van der Waals surface area (Å²) in [5.41, 5.74) is 10.4. The smallest absolute Gasteiger partial charge is 0.0352 e. The molecule has 0 spiro atoms. The number of benzene rings is 1. The van der Waals surface area contributed by atoms with Crippen molar-refractivity contribution >= 4 is 0 Å². The van der Waals surface area contributed by atoms with Crippen molar-refractivity contribution in [2.75, 3.05) is 0 Å². The fraction of sp³-hybridized carbons (Fsp3) is 0.600. The second kappa shape index (κ2) is 3.33. The summed E-state index contributed by atoms with van der Waals surface area (Å²) in [5, 5.41) is 0. The van der Waals surface area contributed by atoms with Crippen LogP contribution in [0, 0.1) is 0 Å². The Labute approximate surface area is 98.0 Å². The van der Waals surface area contributed by atoms with Gasteiger partial charge in [0.1, 0.15) is 0 Å². The summed E-state index contributed by atoms with van der Waals surface area (Å²) in [4.78, 5) is 0. The fourth-order valence-corrected chi connectivity index (χ4v) is 2.35. The summed E-state index contributed by atoms with van der Waals surface area (Å²) in [7, 11) is 0. The van der Waals surface area contributed by atoms with Gasteiger partial charge in [-0.1, -0.05) is 18.2 Å². The van der Waals surface area contributed by atoms with Crippen molar-refractivity contribution in [2.45, 2.75) is 56.9 Å². The molecule has 3 rings (SSSR count). The minimum Gasteiger partial charge on any atom is -0.322 e. The third-order valence-electron chi connectivity index (χ3n) is 3.82. The largest absolute Gasteiger partial charge is 0.322 e. The van der Waals surface area contributed by atoms with Gasteiger partial charge in [0.25, 0.3) is 0 Å². The first kappa shape index (κ1) is 10.3. The van der Waals surface area contributed by atoms with Crippen LogP contribution in [-0.4, -0.2) is 0 Å². The van der Waals surface area contributed by atoms with Gasteiger partial charge in [-0.05, 0) is 68.1 Å². The predicted octanol–water partition coefficient (Wildman–Crippen LogP) is 3.64. The molecule has 2 N–H and O–H groups in total. The third-order valence-corrected chi connectivity index (χ3v) is 3.82. The number of nitrogens with two attached hydrogens (primary N) is 1. The molecule has 1 aromatic carbocycles. The zero-order chi connectivity index (χ0) is 11.3. The van der Waals surface area contributed by atoms with E-state index in [4.69, 9.17) is 5.73 Å². The maximum atomic E-state index is 6.24. The Morgan fingerprint density at radius 1 is 0.938 bits per heavy atom. The van der Waals surface area contributed by atoms with Crippen LogP contribution in [0.1, 0.15) is 68.1 Å². The SMILES string of the molecule is CC(C)(N)c1cc(C2CC2)cc(C2CC2)c1. The number of hydrogen-bond donors (Lipinski definition) is 1. The van der Waals surface area contributed by atoms with Gasteiger partial charge in [0, 0.05) is 5.54 Å². The van der Waals surface area contributed by atoms with E-state index >= 15 is 0 Å². The average Bonchev–Trinajstić information content (AvgIpc) is 3.07. The van der Waals surface area contributed by atoms with E-state index in [1.54, 1.807) is 0 Å². The molecule has 0 bridgehead atoms. The van der Waals surface area contributed by atoms with Crippen LogP contribution < -0.4 is 5.73 Å². The van der Waals surface area contributed by atoms with E-state index < -0.39 is 0 Å². The van der Waals surface area contributed by atoms with E-state index in [-0.39, 0.29) is 5.54 Å². The van der Waals surface area contributed by atoms with Gasteiger partial charge in [-0.25, -0.2) is 0 Å². The molecule has 0 amide bonds. The Bertz CT molecular complexity index is 376. The van der Waals surface area contributed by atoms with Crippen LogP contribution >= 0.6 is 0 Å². The van der Waals surface area contributed by atoms with Crippen molar-refractivity contribution in [3.05, 3.63) is 34.9 Å². The van der Waals surface area contributed by atoms with Crippen LogP contribution in [0.3, 0.4) is 0 Å². The minimum absolute atomic E-state index is 0.200. The van der Waals surface area contributed by atoms with Crippen LogP contribution in [0.15, 0.2) is 18.2 Å². The molecule has 2 aliphatic carbocycles. The minimum atomic E-state index is -0.200. The lowest BCUT2D eigenvalue weighted by molar-refractivity contribution is 0.553. The van der Waals surface area contributed by atoms with Gasteiger partial charge in [-0.15, -0.1) is 0 Å². The Hall–Kier alpha value is -0.820. The van der Waals surface area contributed by atoms with Crippen LogP contribution in [0.5, 0.6) is 0 Å². The lowest BCUT2D eigenvalue weighted by Crippen LogP contribution is -2.28. The number of hydrogen-bond acceptors (Lipinski definition) is 1. The standard InChI is InChI=1S/C15H21N/c1-15(2,16)14-8-12(10-3-4-10)7-13(9-14)11-5-6-11/h7-11H,3-6,16H2,1-2H3. The zero-order valence-electron chi connectivity index (χ0n) is 10.3. The Morgan fingerprint density at radius 2 is 1.38 bits per heavy atom. The Kier molecular flexibility index (Phi) is 2.16. The Balaban J connectivity index is 2.02. The molecular formula is C15H21N. The molecule has 2 saturated carbocycles. The molecule has 86 valence electrons. The van der Waals surface area contributed by atoms with E-state index in [1.165, 1.54) is 42.4 Å². The monoisotopic (exact) mass is 215 g/mol. The van der Waals surface area contributed by atoms with Crippen molar-refractivity contribution in [3.63, 3.8) is 0 Å². The van der Waals surface area contributed by atoms with Gasteiger partial charge in [-0.2, -0.15) is 0 Å². The molecule has 0 aromatic heterocycles.